The van der Waals surface area contributed by atoms with E-state index in [-0.39, 0.29) is 23.0 Å². The van der Waals surface area contributed by atoms with Gasteiger partial charge in [-0.25, -0.2) is 13.4 Å². The van der Waals surface area contributed by atoms with E-state index in [1.54, 1.807) is 47.5 Å². The molecule has 0 saturated carbocycles. The highest BCUT2D eigenvalue weighted by Crippen LogP contribution is 2.24. The molecule has 1 aromatic heterocycles. The second-order valence-electron chi connectivity index (χ2n) is 8.93. The number of carbonyl (C=O) groups is 1. The molecule has 3 aromatic carbocycles. The maximum Gasteiger partial charge on any atom is 0.223 e. The predicted octanol–water partition coefficient (Wildman–Crippen LogP) is 4.25. The van der Waals surface area contributed by atoms with E-state index in [1.807, 2.05) is 24.4 Å². The third kappa shape index (κ3) is 5.39. The van der Waals surface area contributed by atoms with Crippen molar-refractivity contribution in [2.45, 2.75) is 17.9 Å². The highest BCUT2D eigenvalue weighted by molar-refractivity contribution is 7.91. The zero-order valence-corrected chi connectivity index (χ0v) is 21.3. The first-order valence-electron chi connectivity index (χ1n) is 11.9. The van der Waals surface area contributed by atoms with E-state index in [0.29, 0.717) is 31.2 Å². The summed E-state index contributed by atoms with van der Waals surface area (Å²) in [5.74, 6) is 0.525. The Morgan fingerprint density at radius 2 is 1.64 bits per heavy atom. The Morgan fingerprint density at radius 3 is 2.42 bits per heavy atom. The molecule has 186 valence electrons. The van der Waals surface area contributed by atoms with Crippen molar-refractivity contribution in [3.8, 4) is 0 Å². The number of nitrogens with zero attached hydrogens (tertiary/aromatic N) is 4. The van der Waals surface area contributed by atoms with Crippen molar-refractivity contribution in [1.82, 2.24) is 14.5 Å². The van der Waals surface area contributed by atoms with Crippen molar-refractivity contribution in [2.24, 2.45) is 0 Å². The summed E-state index contributed by atoms with van der Waals surface area (Å²) in [6.07, 6.45) is 3.72. The third-order valence-electron chi connectivity index (χ3n) is 6.52. The van der Waals surface area contributed by atoms with Gasteiger partial charge in [0.05, 0.1) is 17.2 Å². The van der Waals surface area contributed by atoms with Crippen LogP contribution in [0.3, 0.4) is 0 Å². The molecule has 1 aliphatic rings. The van der Waals surface area contributed by atoms with Crippen molar-refractivity contribution in [2.75, 3.05) is 36.8 Å². The Labute approximate surface area is 215 Å². The average Bonchev–Trinajstić information content (AvgIpc) is 3.35. The summed E-state index contributed by atoms with van der Waals surface area (Å²) in [4.78, 5) is 21.5. The normalized spacial score (nSPS) is 14.4. The number of amides is 1. The molecule has 1 amide bonds. The highest BCUT2D eigenvalue weighted by atomic mass is 35.5. The van der Waals surface area contributed by atoms with Crippen LogP contribution in [0.15, 0.2) is 84.0 Å². The van der Waals surface area contributed by atoms with Crippen LogP contribution in [0.25, 0.3) is 10.8 Å². The number of sulfone groups is 1. The molecule has 0 N–H and O–H groups in total. The molecule has 0 unspecified atom stereocenters. The first kappa shape index (κ1) is 24.3. The topological polar surface area (TPSA) is 75.5 Å². The zero-order chi connectivity index (χ0) is 25.1. The van der Waals surface area contributed by atoms with E-state index in [9.17, 15) is 13.2 Å². The van der Waals surface area contributed by atoms with Gasteiger partial charge in [-0.1, -0.05) is 54.1 Å². The SMILES string of the molecule is O=C(CCS(=O)(=O)c1ccc2cc(Cl)ccc2c1)N1CCN(c2nccn2Cc2ccccc2)CC1. The fraction of sp³-hybridized carbons (Fsp3) is 0.259. The van der Waals surface area contributed by atoms with E-state index in [0.717, 1.165) is 23.3 Å². The molecule has 5 rings (SSSR count). The van der Waals surface area contributed by atoms with E-state index in [4.69, 9.17) is 11.6 Å². The minimum Gasteiger partial charge on any atom is -0.339 e. The highest BCUT2D eigenvalue weighted by Gasteiger charge is 2.25. The number of carbonyl (C=O) groups excluding carboxylic acids is 1. The molecule has 0 atom stereocenters. The van der Waals surface area contributed by atoms with Crippen molar-refractivity contribution >= 4 is 44.1 Å². The Morgan fingerprint density at radius 1 is 0.917 bits per heavy atom. The lowest BCUT2D eigenvalue weighted by Crippen LogP contribution is -2.49. The van der Waals surface area contributed by atoms with Gasteiger partial charge in [-0.15, -0.1) is 0 Å². The van der Waals surface area contributed by atoms with Crippen LogP contribution in [0.5, 0.6) is 0 Å². The summed E-state index contributed by atoms with van der Waals surface area (Å²) < 4.78 is 27.9. The van der Waals surface area contributed by atoms with Crippen molar-refractivity contribution < 1.29 is 13.2 Å². The summed E-state index contributed by atoms with van der Waals surface area (Å²) in [7, 11) is -3.58. The lowest BCUT2D eigenvalue weighted by molar-refractivity contribution is -0.131. The summed E-state index contributed by atoms with van der Waals surface area (Å²) in [6.45, 7) is 3.10. The zero-order valence-electron chi connectivity index (χ0n) is 19.8. The third-order valence-corrected chi connectivity index (χ3v) is 8.47. The minimum absolute atomic E-state index is 0.0381. The molecule has 2 heterocycles. The summed E-state index contributed by atoms with van der Waals surface area (Å²) in [5.41, 5.74) is 1.20. The second-order valence-corrected chi connectivity index (χ2v) is 11.5. The standard InChI is InChI=1S/C27H27ClN4O3S/c28-24-8-6-23-19-25(9-7-22(23)18-24)36(34,35)17-10-26(33)30-13-15-31(16-14-30)27-29-11-12-32(27)20-21-4-2-1-3-5-21/h1-9,11-12,18-19H,10,13-17,20H2. The van der Waals surface area contributed by atoms with Crippen molar-refractivity contribution in [1.29, 1.82) is 0 Å². The van der Waals surface area contributed by atoms with Crippen molar-refractivity contribution in [3.63, 3.8) is 0 Å². The Kier molecular flexibility index (Phi) is 6.98. The molecule has 0 radical (unpaired) electrons. The minimum atomic E-state index is -3.58. The maximum atomic E-state index is 12.9. The van der Waals surface area contributed by atoms with Gasteiger partial charge in [-0.3, -0.25) is 4.79 Å². The number of rotatable bonds is 7. The summed E-state index contributed by atoms with van der Waals surface area (Å²) >= 11 is 6.02. The van der Waals surface area contributed by atoms with Gasteiger partial charge < -0.3 is 14.4 Å². The molecular formula is C27H27ClN4O3S. The molecule has 7 nitrogen and oxygen atoms in total. The number of anilines is 1. The fourth-order valence-electron chi connectivity index (χ4n) is 4.53. The number of aromatic nitrogens is 2. The fourth-order valence-corrected chi connectivity index (χ4v) is 5.97. The van der Waals surface area contributed by atoms with Gasteiger partial charge in [-0.05, 0) is 40.6 Å². The van der Waals surface area contributed by atoms with Gasteiger partial charge in [0.15, 0.2) is 9.84 Å². The van der Waals surface area contributed by atoms with E-state index in [1.165, 1.54) is 5.56 Å². The van der Waals surface area contributed by atoms with Crippen LogP contribution in [0.1, 0.15) is 12.0 Å². The van der Waals surface area contributed by atoms with Gasteiger partial charge in [0.25, 0.3) is 0 Å². The average molecular weight is 523 g/mol. The number of hydrogen-bond donors (Lipinski definition) is 0. The molecule has 0 bridgehead atoms. The van der Waals surface area contributed by atoms with Gasteiger partial charge in [0.2, 0.25) is 11.9 Å². The lowest BCUT2D eigenvalue weighted by atomic mass is 10.1. The van der Waals surface area contributed by atoms with Gasteiger partial charge in [0.1, 0.15) is 0 Å². The maximum absolute atomic E-state index is 12.9. The van der Waals surface area contributed by atoms with E-state index in [2.05, 4.69) is 26.6 Å². The Bertz CT molecular complexity index is 1480. The first-order valence-corrected chi connectivity index (χ1v) is 13.9. The van der Waals surface area contributed by atoms with Crippen LogP contribution in [0, 0.1) is 0 Å². The van der Waals surface area contributed by atoms with Gasteiger partial charge in [-0.2, -0.15) is 0 Å². The van der Waals surface area contributed by atoms with Gasteiger partial charge >= 0.3 is 0 Å². The molecule has 4 aromatic rings. The molecule has 36 heavy (non-hydrogen) atoms. The summed E-state index contributed by atoms with van der Waals surface area (Å²) in [5, 5.41) is 2.28. The van der Waals surface area contributed by atoms with Crippen LogP contribution in [-0.4, -0.2) is 60.7 Å². The van der Waals surface area contributed by atoms with Crippen LogP contribution in [0.4, 0.5) is 5.95 Å². The van der Waals surface area contributed by atoms with Crippen LogP contribution in [-0.2, 0) is 21.2 Å². The first-order chi connectivity index (χ1) is 17.4. The molecule has 1 fully saturated rings. The Hall–Kier alpha value is -3.36. The summed E-state index contributed by atoms with van der Waals surface area (Å²) in [6, 6.07) is 20.5. The number of fused-ring (bicyclic) bond motifs is 1. The molecular weight excluding hydrogens is 496 g/mol. The molecule has 1 saturated heterocycles. The molecule has 0 spiro atoms. The molecule has 9 heteroatoms. The van der Waals surface area contributed by atoms with Crippen LogP contribution >= 0.6 is 11.6 Å². The van der Waals surface area contributed by atoms with E-state index >= 15 is 0 Å². The van der Waals surface area contributed by atoms with E-state index < -0.39 is 9.84 Å². The smallest absolute Gasteiger partial charge is 0.223 e. The second kappa shape index (κ2) is 10.3. The lowest BCUT2D eigenvalue weighted by Gasteiger charge is -2.35. The number of imidazole rings is 1. The quantitative estimate of drug-likeness (QED) is 0.363. The molecule has 1 aliphatic heterocycles. The number of piperazine rings is 1. The van der Waals surface area contributed by atoms with Crippen LogP contribution < -0.4 is 4.90 Å². The van der Waals surface area contributed by atoms with Gasteiger partial charge in [0, 0.05) is 50.0 Å². The number of hydrogen-bond acceptors (Lipinski definition) is 5. The monoisotopic (exact) mass is 522 g/mol. The number of benzene rings is 3. The predicted molar refractivity (Wildman–Crippen MR) is 142 cm³/mol. The molecule has 0 aliphatic carbocycles. The van der Waals surface area contributed by atoms with Crippen molar-refractivity contribution in [3.05, 3.63) is 89.7 Å². The van der Waals surface area contributed by atoms with Crippen LogP contribution in [0.2, 0.25) is 5.02 Å². The number of halogens is 1. The largest absolute Gasteiger partial charge is 0.339 e. The Balaban J connectivity index is 1.17.